The van der Waals surface area contributed by atoms with E-state index in [-0.39, 0.29) is 17.2 Å². The fraction of sp³-hybridized carbons (Fsp3) is 0.241. The second-order valence-electron chi connectivity index (χ2n) is 9.58. The number of hydrogen-bond donors (Lipinski definition) is 1. The number of aromatic nitrogens is 6. The number of imidazole rings is 2. The molecule has 0 aliphatic heterocycles. The second kappa shape index (κ2) is 12.6. The molecule has 12 heteroatoms. The second-order valence-corrected chi connectivity index (χ2v) is 9.58. The number of carbonyl (C=O) groups is 2. The molecule has 0 fully saturated rings. The fourth-order valence-electron chi connectivity index (χ4n) is 4.44. The number of rotatable bonds is 12. The van der Waals surface area contributed by atoms with Crippen molar-refractivity contribution in [3.05, 3.63) is 84.6 Å². The number of aldehydes is 1. The van der Waals surface area contributed by atoms with Crippen molar-refractivity contribution in [1.29, 1.82) is 0 Å². The number of nitrogens with one attached hydrogen (secondary N) is 1. The Hall–Kier alpha value is -4.84. The standard InChI is InChI=1S/C29H28F2N8O2/c1-37(13-3-2-4-16-40)14-15-38-19-33-27(20-5-7-22(30)8-6-20)28(38)23-9-10-26-34-25(18-39(26)36-23)35-29(41)21-11-12-32-24(31)17-21/h5-12,16-19H,2-4,13-15H2,1H3,(H,35,41). The average molecular weight is 559 g/mol. The lowest BCUT2D eigenvalue weighted by atomic mass is 10.1. The Morgan fingerprint density at radius 2 is 1.88 bits per heavy atom. The van der Waals surface area contributed by atoms with Crippen LogP contribution in [0.4, 0.5) is 14.6 Å². The van der Waals surface area contributed by atoms with Crippen molar-refractivity contribution in [2.45, 2.75) is 25.8 Å². The molecule has 0 aliphatic carbocycles. The zero-order chi connectivity index (χ0) is 28.8. The first-order valence-electron chi connectivity index (χ1n) is 13.1. The highest BCUT2D eigenvalue weighted by Gasteiger charge is 2.18. The average Bonchev–Trinajstić information content (AvgIpc) is 3.57. The predicted octanol–water partition coefficient (Wildman–Crippen LogP) is 4.49. The number of nitrogens with zero attached hydrogens (tertiary/aromatic N) is 7. The van der Waals surface area contributed by atoms with Crippen LogP contribution in [0.15, 0.2) is 67.3 Å². The maximum absolute atomic E-state index is 13.7. The number of pyridine rings is 1. The Bertz CT molecular complexity index is 1670. The van der Waals surface area contributed by atoms with Gasteiger partial charge in [-0.3, -0.25) is 4.79 Å². The van der Waals surface area contributed by atoms with Crippen LogP contribution in [-0.4, -0.2) is 66.4 Å². The maximum Gasteiger partial charge on any atom is 0.257 e. The molecule has 0 aliphatic rings. The van der Waals surface area contributed by atoms with Crippen LogP contribution >= 0.6 is 0 Å². The number of amides is 1. The van der Waals surface area contributed by atoms with Gasteiger partial charge in [-0.15, -0.1) is 0 Å². The monoisotopic (exact) mass is 558 g/mol. The molecule has 1 N–H and O–H groups in total. The summed E-state index contributed by atoms with van der Waals surface area (Å²) in [5.41, 5.74) is 3.36. The lowest BCUT2D eigenvalue weighted by Crippen LogP contribution is -2.24. The first kappa shape index (κ1) is 27.7. The summed E-state index contributed by atoms with van der Waals surface area (Å²) in [6.07, 6.45) is 7.83. The summed E-state index contributed by atoms with van der Waals surface area (Å²) in [6, 6.07) is 12.2. The fourth-order valence-corrected chi connectivity index (χ4v) is 4.44. The molecule has 10 nitrogen and oxygen atoms in total. The molecule has 5 rings (SSSR count). The summed E-state index contributed by atoms with van der Waals surface area (Å²) in [7, 11) is 2.03. The van der Waals surface area contributed by atoms with Crippen LogP contribution < -0.4 is 5.32 Å². The summed E-state index contributed by atoms with van der Waals surface area (Å²) < 4.78 is 30.7. The lowest BCUT2D eigenvalue weighted by molar-refractivity contribution is -0.107. The van der Waals surface area contributed by atoms with Gasteiger partial charge in [-0.1, -0.05) is 0 Å². The Labute approximate surface area is 234 Å². The third-order valence-corrected chi connectivity index (χ3v) is 6.58. The van der Waals surface area contributed by atoms with Gasteiger partial charge in [0.15, 0.2) is 11.5 Å². The van der Waals surface area contributed by atoms with Gasteiger partial charge in [-0.25, -0.2) is 23.9 Å². The van der Waals surface area contributed by atoms with Crippen molar-refractivity contribution in [2.24, 2.45) is 0 Å². The summed E-state index contributed by atoms with van der Waals surface area (Å²) >= 11 is 0. The molecule has 0 radical (unpaired) electrons. The van der Waals surface area contributed by atoms with Gasteiger partial charge in [-0.05, 0) is 68.9 Å². The molecule has 210 valence electrons. The minimum Gasteiger partial charge on any atom is -0.327 e. The van der Waals surface area contributed by atoms with Gasteiger partial charge in [0.1, 0.15) is 17.8 Å². The van der Waals surface area contributed by atoms with E-state index in [1.807, 2.05) is 17.7 Å². The Morgan fingerprint density at radius 1 is 1.05 bits per heavy atom. The molecule has 4 heterocycles. The lowest BCUT2D eigenvalue weighted by Gasteiger charge is -2.18. The normalized spacial score (nSPS) is 11.3. The van der Waals surface area contributed by atoms with E-state index in [0.717, 1.165) is 49.5 Å². The van der Waals surface area contributed by atoms with Crippen LogP contribution in [0.2, 0.25) is 0 Å². The van der Waals surface area contributed by atoms with Crippen LogP contribution in [0.5, 0.6) is 0 Å². The van der Waals surface area contributed by atoms with E-state index in [2.05, 4.69) is 25.2 Å². The maximum atomic E-state index is 13.7. The third kappa shape index (κ3) is 6.67. The van der Waals surface area contributed by atoms with Crippen LogP contribution in [0, 0.1) is 11.8 Å². The SMILES string of the molecule is CN(CCCCC=O)CCn1cnc(-c2ccc(F)cc2)c1-c1ccc2nc(NC(=O)c3ccnc(F)c3)cn2n1. The van der Waals surface area contributed by atoms with Crippen molar-refractivity contribution in [2.75, 3.05) is 25.5 Å². The van der Waals surface area contributed by atoms with E-state index in [1.165, 1.54) is 24.4 Å². The van der Waals surface area contributed by atoms with Gasteiger partial charge in [0.05, 0.1) is 23.9 Å². The summed E-state index contributed by atoms with van der Waals surface area (Å²) in [6.45, 7) is 2.23. The third-order valence-electron chi connectivity index (χ3n) is 6.58. The predicted molar refractivity (Wildman–Crippen MR) is 149 cm³/mol. The number of hydrogen-bond acceptors (Lipinski definition) is 7. The first-order valence-corrected chi connectivity index (χ1v) is 13.1. The van der Waals surface area contributed by atoms with E-state index >= 15 is 0 Å². The van der Waals surface area contributed by atoms with Crippen LogP contribution in [-0.2, 0) is 11.3 Å². The minimum absolute atomic E-state index is 0.116. The van der Waals surface area contributed by atoms with Gasteiger partial charge < -0.3 is 19.6 Å². The summed E-state index contributed by atoms with van der Waals surface area (Å²) in [5, 5.41) is 7.40. The number of unbranched alkanes of at least 4 members (excludes halogenated alkanes) is 2. The minimum atomic E-state index is -0.753. The van der Waals surface area contributed by atoms with Gasteiger partial charge in [0, 0.05) is 42.9 Å². The Kier molecular flexibility index (Phi) is 8.49. The molecule has 4 aromatic heterocycles. The first-order chi connectivity index (χ1) is 19.9. The van der Waals surface area contributed by atoms with E-state index in [0.29, 0.717) is 30.0 Å². The number of carbonyl (C=O) groups excluding carboxylic acids is 2. The highest BCUT2D eigenvalue weighted by atomic mass is 19.1. The molecule has 1 amide bonds. The zero-order valence-electron chi connectivity index (χ0n) is 22.4. The van der Waals surface area contributed by atoms with Crippen molar-refractivity contribution in [1.82, 2.24) is 34.0 Å². The molecule has 0 unspecified atom stereocenters. The molecule has 0 saturated carbocycles. The quantitative estimate of drug-likeness (QED) is 0.137. The van der Waals surface area contributed by atoms with Gasteiger partial charge >= 0.3 is 0 Å². The molecule has 0 spiro atoms. The zero-order valence-corrected chi connectivity index (χ0v) is 22.4. The number of likely N-dealkylation sites (N-methyl/N-ethyl adjacent to an activating group) is 1. The Morgan fingerprint density at radius 3 is 2.66 bits per heavy atom. The highest BCUT2D eigenvalue weighted by Crippen LogP contribution is 2.30. The Balaban J connectivity index is 1.42. The van der Waals surface area contributed by atoms with Crippen molar-refractivity contribution < 1.29 is 18.4 Å². The topological polar surface area (TPSA) is 110 Å². The van der Waals surface area contributed by atoms with E-state index < -0.39 is 11.9 Å². The molecule has 0 bridgehead atoms. The van der Waals surface area contributed by atoms with Crippen LogP contribution in [0.1, 0.15) is 29.6 Å². The number of benzene rings is 1. The molecule has 0 saturated heterocycles. The summed E-state index contributed by atoms with van der Waals surface area (Å²) in [4.78, 5) is 37.9. The van der Waals surface area contributed by atoms with Crippen molar-refractivity contribution >= 4 is 23.7 Å². The van der Waals surface area contributed by atoms with E-state index in [9.17, 15) is 18.4 Å². The molecular weight excluding hydrogens is 530 g/mol. The largest absolute Gasteiger partial charge is 0.327 e. The van der Waals surface area contributed by atoms with Gasteiger partial charge in [0.25, 0.3) is 5.91 Å². The smallest absolute Gasteiger partial charge is 0.257 e. The van der Waals surface area contributed by atoms with E-state index in [4.69, 9.17) is 5.10 Å². The van der Waals surface area contributed by atoms with Crippen molar-refractivity contribution in [3.8, 4) is 22.6 Å². The van der Waals surface area contributed by atoms with Gasteiger partial charge in [0.2, 0.25) is 5.95 Å². The van der Waals surface area contributed by atoms with Crippen LogP contribution in [0.3, 0.4) is 0 Å². The molecule has 41 heavy (non-hydrogen) atoms. The molecule has 5 aromatic rings. The highest BCUT2D eigenvalue weighted by molar-refractivity contribution is 6.03. The van der Waals surface area contributed by atoms with Crippen molar-refractivity contribution in [3.63, 3.8) is 0 Å². The van der Waals surface area contributed by atoms with Gasteiger partial charge in [-0.2, -0.15) is 9.49 Å². The number of fused-ring (bicyclic) bond motifs is 1. The van der Waals surface area contributed by atoms with Crippen LogP contribution in [0.25, 0.3) is 28.3 Å². The molecular formula is C29H28F2N8O2. The molecule has 1 aromatic carbocycles. The van der Waals surface area contributed by atoms with E-state index in [1.54, 1.807) is 35.2 Å². The summed E-state index contributed by atoms with van der Waals surface area (Å²) in [5.74, 6) is -1.37. The number of anilines is 1. The molecule has 0 atom stereocenters. The number of halogens is 2.